The highest BCUT2D eigenvalue weighted by atomic mass is 14.9. The van der Waals surface area contributed by atoms with Crippen LogP contribution in [-0.4, -0.2) is 22.6 Å². The van der Waals surface area contributed by atoms with E-state index in [-0.39, 0.29) is 0 Å². The Morgan fingerprint density at radius 1 is 1.17 bits per heavy atom. The predicted octanol–water partition coefficient (Wildman–Crippen LogP) is 2.68. The van der Waals surface area contributed by atoms with Crippen molar-refractivity contribution in [2.45, 2.75) is 64.8 Å². The van der Waals surface area contributed by atoms with E-state index in [4.69, 9.17) is 0 Å². The van der Waals surface area contributed by atoms with Crippen LogP contribution in [0.2, 0.25) is 0 Å². The van der Waals surface area contributed by atoms with Crippen LogP contribution in [0.1, 0.15) is 56.5 Å². The fourth-order valence-electron chi connectivity index (χ4n) is 2.82. The Morgan fingerprint density at radius 2 is 2.00 bits per heavy atom. The summed E-state index contributed by atoms with van der Waals surface area (Å²) in [7, 11) is 0. The van der Waals surface area contributed by atoms with Crippen molar-refractivity contribution in [1.82, 2.24) is 15.3 Å². The fourth-order valence-corrected chi connectivity index (χ4v) is 2.82. The first kappa shape index (κ1) is 13.5. The molecule has 1 atom stereocenters. The average molecular weight is 247 g/mol. The zero-order valence-electron chi connectivity index (χ0n) is 11.7. The lowest BCUT2D eigenvalue weighted by molar-refractivity contribution is 0.502. The lowest BCUT2D eigenvalue weighted by atomic mass is 10.00. The summed E-state index contributed by atoms with van der Waals surface area (Å²) in [5.74, 6) is 0. The van der Waals surface area contributed by atoms with E-state index in [1.54, 1.807) is 6.33 Å². The second kappa shape index (κ2) is 6.83. The molecule has 0 fully saturated rings. The van der Waals surface area contributed by atoms with E-state index >= 15 is 0 Å². The minimum absolute atomic E-state index is 0.553. The predicted molar refractivity (Wildman–Crippen MR) is 74.8 cm³/mol. The summed E-state index contributed by atoms with van der Waals surface area (Å²) in [6.07, 6.45) is 10.2. The number of likely N-dealkylation sites (N-methyl/N-ethyl adjacent to an activating group) is 1. The van der Waals surface area contributed by atoms with Gasteiger partial charge >= 0.3 is 0 Å². The van der Waals surface area contributed by atoms with Gasteiger partial charge in [0.05, 0.1) is 0 Å². The van der Waals surface area contributed by atoms with Gasteiger partial charge in [-0.05, 0) is 44.2 Å². The monoisotopic (exact) mass is 247 g/mol. The Hall–Kier alpha value is -0.960. The van der Waals surface area contributed by atoms with E-state index in [0.717, 1.165) is 25.8 Å². The molecule has 1 aromatic heterocycles. The first-order chi connectivity index (χ1) is 8.85. The van der Waals surface area contributed by atoms with Crippen LogP contribution in [0.5, 0.6) is 0 Å². The first-order valence-electron chi connectivity index (χ1n) is 7.40. The van der Waals surface area contributed by atoms with Gasteiger partial charge in [0.1, 0.15) is 6.33 Å². The molecule has 1 N–H and O–H groups in total. The molecular weight excluding hydrogens is 222 g/mol. The number of aryl methyl sites for hydroxylation is 1. The molecule has 0 amide bonds. The van der Waals surface area contributed by atoms with Crippen molar-refractivity contribution in [3.63, 3.8) is 0 Å². The number of fused-ring (bicyclic) bond motifs is 1. The van der Waals surface area contributed by atoms with E-state index < -0.39 is 0 Å². The Labute approximate surface area is 110 Å². The van der Waals surface area contributed by atoms with Crippen molar-refractivity contribution >= 4 is 0 Å². The number of nitrogens with one attached hydrogen (secondary N) is 1. The number of hydrogen-bond donors (Lipinski definition) is 1. The van der Waals surface area contributed by atoms with Crippen LogP contribution in [0.25, 0.3) is 0 Å². The van der Waals surface area contributed by atoms with Gasteiger partial charge in [0, 0.05) is 23.9 Å². The average Bonchev–Trinajstić information content (AvgIpc) is 2.64. The fraction of sp³-hybridized carbons (Fsp3) is 0.733. The molecule has 0 saturated heterocycles. The quantitative estimate of drug-likeness (QED) is 0.813. The second-order valence-electron chi connectivity index (χ2n) is 5.17. The van der Waals surface area contributed by atoms with Gasteiger partial charge < -0.3 is 5.32 Å². The number of aromatic nitrogens is 2. The summed E-state index contributed by atoms with van der Waals surface area (Å²) in [5, 5.41) is 3.54. The molecule has 3 nitrogen and oxygen atoms in total. The summed E-state index contributed by atoms with van der Waals surface area (Å²) in [4.78, 5) is 9.04. The Morgan fingerprint density at radius 3 is 2.78 bits per heavy atom. The van der Waals surface area contributed by atoms with Crippen LogP contribution in [0, 0.1) is 0 Å². The molecule has 0 radical (unpaired) electrons. The summed E-state index contributed by atoms with van der Waals surface area (Å²) in [6.45, 7) is 5.45. The molecule has 0 spiro atoms. The highest BCUT2D eigenvalue weighted by Crippen LogP contribution is 2.21. The number of rotatable bonds is 5. The Balaban J connectivity index is 2.17. The molecule has 3 heteroatoms. The molecule has 1 aliphatic rings. The van der Waals surface area contributed by atoms with Crippen molar-refractivity contribution < 1.29 is 0 Å². The van der Waals surface area contributed by atoms with Crippen molar-refractivity contribution in [3.05, 3.63) is 23.3 Å². The van der Waals surface area contributed by atoms with Gasteiger partial charge in [0.25, 0.3) is 0 Å². The molecule has 1 unspecified atom stereocenters. The molecule has 1 aliphatic carbocycles. The third kappa shape index (κ3) is 3.29. The molecule has 1 heterocycles. The van der Waals surface area contributed by atoms with Gasteiger partial charge in [-0.3, -0.25) is 0 Å². The van der Waals surface area contributed by atoms with E-state index in [1.165, 1.54) is 42.6 Å². The van der Waals surface area contributed by atoms with Gasteiger partial charge in [-0.1, -0.05) is 20.3 Å². The standard InChI is InChI=1S/C15H25N3/c1-3-12(16-4-2)10-15-13-8-6-5-7-9-14(13)17-11-18-15/h11-12,16H,3-10H2,1-2H3. The highest BCUT2D eigenvalue weighted by molar-refractivity contribution is 5.26. The minimum Gasteiger partial charge on any atom is -0.314 e. The van der Waals surface area contributed by atoms with E-state index in [2.05, 4.69) is 29.1 Å². The van der Waals surface area contributed by atoms with Gasteiger partial charge in [-0.15, -0.1) is 0 Å². The smallest absolute Gasteiger partial charge is 0.115 e. The molecule has 18 heavy (non-hydrogen) atoms. The molecule has 2 rings (SSSR count). The maximum absolute atomic E-state index is 4.55. The van der Waals surface area contributed by atoms with Gasteiger partial charge in [-0.25, -0.2) is 9.97 Å². The van der Waals surface area contributed by atoms with Gasteiger partial charge in [-0.2, -0.15) is 0 Å². The lowest BCUT2D eigenvalue weighted by Crippen LogP contribution is -2.31. The van der Waals surface area contributed by atoms with Crippen LogP contribution >= 0.6 is 0 Å². The van der Waals surface area contributed by atoms with E-state index in [9.17, 15) is 0 Å². The van der Waals surface area contributed by atoms with Gasteiger partial charge in [0.2, 0.25) is 0 Å². The highest BCUT2D eigenvalue weighted by Gasteiger charge is 2.16. The largest absolute Gasteiger partial charge is 0.314 e. The molecular formula is C15H25N3. The summed E-state index contributed by atoms with van der Waals surface area (Å²) in [5.41, 5.74) is 4.05. The molecule has 0 bridgehead atoms. The third-order valence-electron chi connectivity index (χ3n) is 3.89. The zero-order chi connectivity index (χ0) is 12.8. The molecule has 100 valence electrons. The van der Waals surface area contributed by atoms with E-state index in [0.29, 0.717) is 6.04 Å². The topological polar surface area (TPSA) is 37.8 Å². The minimum atomic E-state index is 0.553. The molecule has 0 saturated carbocycles. The van der Waals surface area contributed by atoms with Crippen LogP contribution in [0.3, 0.4) is 0 Å². The molecule has 0 aliphatic heterocycles. The Bertz CT molecular complexity index is 376. The maximum Gasteiger partial charge on any atom is 0.115 e. The van der Waals surface area contributed by atoms with Crippen molar-refractivity contribution in [2.24, 2.45) is 0 Å². The van der Waals surface area contributed by atoms with Crippen LogP contribution in [-0.2, 0) is 19.3 Å². The van der Waals surface area contributed by atoms with Crippen molar-refractivity contribution in [2.75, 3.05) is 6.54 Å². The Kier molecular flexibility index (Phi) is 5.12. The first-order valence-corrected chi connectivity index (χ1v) is 7.40. The molecule has 1 aromatic rings. The lowest BCUT2D eigenvalue weighted by Gasteiger charge is -2.18. The van der Waals surface area contributed by atoms with Crippen molar-refractivity contribution in [1.29, 1.82) is 0 Å². The SMILES string of the molecule is CCNC(CC)Cc1ncnc2c1CCCCC2. The van der Waals surface area contributed by atoms with Crippen LogP contribution < -0.4 is 5.32 Å². The third-order valence-corrected chi connectivity index (χ3v) is 3.89. The number of hydrogen-bond acceptors (Lipinski definition) is 3. The zero-order valence-corrected chi connectivity index (χ0v) is 11.7. The summed E-state index contributed by atoms with van der Waals surface area (Å²) in [6, 6.07) is 0.553. The van der Waals surface area contributed by atoms with Gasteiger partial charge in [0.15, 0.2) is 0 Å². The normalized spacial score (nSPS) is 17.0. The van der Waals surface area contributed by atoms with Crippen LogP contribution in [0.4, 0.5) is 0 Å². The molecule has 0 aromatic carbocycles. The summed E-state index contributed by atoms with van der Waals surface area (Å²) >= 11 is 0. The second-order valence-corrected chi connectivity index (χ2v) is 5.17. The number of nitrogens with zero attached hydrogens (tertiary/aromatic N) is 2. The summed E-state index contributed by atoms with van der Waals surface area (Å²) < 4.78 is 0. The van der Waals surface area contributed by atoms with Crippen molar-refractivity contribution in [3.8, 4) is 0 Å². The van der Waals surface area contributed by atoms with Crippen LogP contribution in [0.15, 0.2) is 6.33 Å². The maximum atomic E-state index is 4.55. The van der Waals surface area contributed by atoms with E-state index in [1.807, 2.05) is 0 Å².